The van der Waals surface area contributed by atoms with Gasteiger partial charge in [-0.2, -0.15) is 5.10 Å². The van der Waals surface area contributed by atoms with Crippen molar-refractivity contribution in [3.05, 3.63) is 30.4 Å². The van der Waals surface area contributed by atoms with Gasteiger partial charge < -0.3 is 10.2 Å². The van der Waals surface area contributed by atoms with Crippen molar-refractivity contribution in [2.24, 2.45) is 5.41 Å². The molecule has 7 nitrogen and oxygen atoms in total. The lowest BCUT2D eigenvalue weighted by Gasteiger charge is -2.39. The first-order valence-corrected chi connectivity index (χ1v) is 9.32. The Balaban J connectivity index is 1.55. The summed E-state index contributed by atoms with van der Waals surface area (Å²) in [7, 11) is 0. The molecule has 2 saturated heterocycles. The highest BCUT2D eigenvalue weighted by atomic mass is 15.2. The summed E-state index contributed by atoms with van der Waals surface area (Å²) in [5, 5.41) is 11.7. The summed E-state index contributed by atoms with van der Waals surface area (Å²) in [5.74, 6) is 1.74. The fourth-order valence-corrected chi connectivity index (χ4v) is 4.32. The molecule has 3 aromatic heterocycles. The van der Waals surface area contributed by atoms with Crippen LogP contribution in [0.5, 0.6) is 0 Å². The predicted octanol–water partition coefficient (Wildman–Crippen LogP) is 2.30. The van der Waals surface area contributed by atoms with E-state index in [-0.39, 0.29) is 0 Å². The van der Waals surface area contributed by atoms with Crippen LogP contribution < -0.4 is 10.2 Å². The summed E-state index contributed by atoms with van der Waals surface area (Å²) >= 11 is 0. The van der Waals surface area contributed by atoms with Crippen LogP contribution in [0.15, 0.2) is 24.7 Å². The lowest BCUT2D eigenvalue weighted by atomic mass is 9.78. The number of hydrogen-bond donors (Lipinski definition) is 2. The average molecular weight is 349 g/mol. The third kappa shape index (κ3) is 2.54. The molecule has 7 heteroatoms. The van der Waals surface area contributed by atoms with Crippen LogP contribution in [0.4, 0.5) is 5.82 Å². The minimum atomic E-state index is 0.491. The van der Waals surface area contributed by atoms with Crippen LogP contribution in [0.25, 0.3) is 22.3 Å². The highest BCUT2D eigenvalue weighted by Gasteiger charge is 2.37. The second-order valence-electron chi connectivity index (χ2n) is 7.59. The first kappa shape index (κ1) is 15.7. The maximum absolute atomic E-state index is 4.95. The lowest BCUT2D eigenvalue weighted by molar-refractivity contribution is 0.247. The molecule has 2 aliphatic rings. The van der Waals surface area contributed by atoms with E-state index in [1.165, 1.54) is 19.3 Å². The van der Waals surface area contributed by atoms with Gasteiger partial charge in [0.05, 0.1) is 23.5 Å². The van der Waals surface area contributed by atoms with Crippen LogP contribution in [0.1, 0.15) is 25.0 Å². The molecule has 26 heavy (non-hydrogen) atoms. The van der Waals surface area contributed by atoms with Crippen molar-refractivity contribution in [2.75, 3.05) is 31.1 Å². The number of H-pyrrole nitrogens is 1. The Morgan fingerprint density at radius 3 is 2.73 bits per heavy atom. The van der Waals surface area contributed by atoms with Gasteiger partial charge in [-0.1, -0.05) is 0 Å². The number of fused-ring (bicyclic) bond motifs is 1. The molecule has 2 N–H and O–H groups in total. The van der Waals surface area contributed by atoms with Gasteiger partial charge in [0, 0.05) is 36.9 Å². The molecular formula is C19H23N7. The third-order valence-electron chi connectivity index (χ3n) is 6.01. The number of nitrogens with zero attached hydrogens (tertiary/aromatic N) is 5. The Labute approximate surface area is 152 Å². The molecule has 0 atom stereocenters. The molecule has 0 radical (unpaired) electrons. The quantitative estimate of drug-likeness (QED) is 0.739. The lowest BCUT2D eigenvalue weighted by Crippen LogP contribution is -2.41. The number of hydrogen-bond acceptors (Lipinski definition) is 6. The van der Waals surface area contributed by atoms with E-state index >= 15 is 0 Å². The standard InChI is InChI=1S/C19H23N7/c1-13-15(10-22-25-13)17-23-16-11-20-6-2-14(16)18(24-17)26-8-4-19(5-9-26)3-7-21-12-19/h2,6,10-11,21H,3-5,7-9,12H2,1H3,(H,22,25). The van der Waals surface area contributed by atoms with Crippen LogP contribution in [-0.4, -0.2) is 51.3 Å². The van der Waals surface area contributed by atoms with Gasteiger partial charge in [0.1, 0.15) is 5.82 Å². The summed E-state index contributed by atoms with van der Waals surface area (Å²) in [4.78, 5) is 16.4. The van der Waals surface area contributed by atoms with E-state index in [1.54, 1.807) is 6.20 Å². The zero-order chi connectivity index (χ0) is 17.6. The van der Waals surface area contributed by atoms with Crippen molar-refractivity contribution >= 4 is 16.7 Å². The zero-order valence-electron chi connectivity index (χ0n) is 15.0. The third-order valence-corrected chi connectivity index (χ3v) is 6.01. The van der Waals surface area contributed by atoms with Crippen molar-refractivity contribution in [2.45, 2.75) is 26.2 Å². The van der Waals surface area contributed by atoms with Crippen LogP contribution in [0.3, 0.4) is 0 Å². The Morgan fingerprint density at radius 2 is 2.00 bits per heavy atom. The normalized spacial score (nSPS) is 19.5. The maximum atomic E-state index is 4.95. The van der Waals surface area contributed by atoms with Crippen LogP contribution >= 0.6 is 0 Å². The van der Waals surface area contributed by atoms with Crippen molar-refractivity contribution in [3.63, 3.8) is 0 Å². The second kappa shape index (κ2) is 6.02. The van der Waals surface area contributed by atoms with E-state index in [4.69, 9.17) is 9.97 Å². The van der Waals surface area contributed by atoms with Crippen LogP contribution in [-0.2, 0) is 0 Å². The van der Waals surface area contributed by atoms with E-state index < -0.39 is 0 Å². The number of rotatable bonds is 2. The van der Waals surface area contributed by atoms with Gasteiger partial charge in [0.2, 0.25) is 0 Å². The largest absolute Gasteiger partial charge is 0.356 e. The number of aromatic nitrogens is 5. The minimum absolute atomic E-state index is 0.491. The molecule has 2 aliphatic heterocycles. The fraction of sp³-hybridized carbons (Fsp3) is 0.474. The molecule has 0 aliphatic carbocycles. The van der Waals surface area contributed by atoms with Gasteiger partial charge in [0.15, 0.2) is 5.82 Å². The fourth-order valence-electron chi connectivity index (χ4n) is 4.32. The molecule has 0 aromatic carbocycles. The molecule has 0 unspecified atom stereocenters. The molecule has 3 aromatic rings. The van der Waals surface area contributed by atoms with Crippen molar-refractivity contribution < 1.29 is 0 Å². The second-order valence-corrected chi connectivity index (χ2v) is 7.59. The van der Waals surface area contributed by atoms with Gasteiger partial charge in [0.25, 0.3) is 0 Å². The van der Waals surface area contributed by atoms with Crippen LogP contribution in [0, 0.1) is 12.3 Å². The van der Waals surface area contributed by atoms with E-state index in [0.29, 0.717) is 5.41 Å². The van der Waals surface area contributed by atoms with Gasteiger partial charge in [-0.3, -0.25) is 10.1 Å². The number of aromatic amines is 1. The molecule has 0 saturated carbocycles. The number of pyridine rings is 1. The first-order valence-electron chi connectivity index (χ1n) is 9.32. The molecule has 5 rings (SSSR count). The molecular weight excluding hydrogens is 326 g/mol. The smallest absolute Gasteiger partial charge is 0.165 e. The molecule has 0 bridgehead atoms. The highest BCUT2D eigenvalue weighted by Crippen LogP contribution is 2.39. The zero-order valence-corrected chi connectivity index (χ0v) is 15.0. The monoisotopic (exact) mass is 349 g/mol. The number of anilines is 1. The summed E-state index contributed by atoms with van der Waals surface area (Å²) in [6.45, 7) is 6.40. The molecule has 2 fully saturated rings. The van der Waals surface area contributed by atoms with Crippen LogP contribution in [0.2, 0.25) is 0 Å². The summed E-state index contributed by atoms with van der Waals surface area (Å²) in [6, 6.07) is 2.03. The van der Waals surface area contributed by atoms with E-state index in [2.05, 4.69) is 25.4 Å². The van der Waals surface area contributed by atoms with Crippen molar-refractivity contribution in [1.29, 1.82) is 0 Å². The summed E-state index contributed by atoms with van der Waals surface area (Å²) in [5.41, 5.74) is 3.31. The topological polar surface area (TPSA) is 82.6 Å². The van der Waals surface area contributed by atoms with Gasteiger partial charge in [-0.25, -0.2) is 9.97 Å². The van der Waals surface area contributed by atoms with E-state index in [9.17, 15) is 0 Å². The van der Waals surface area contributed by atoms with E-state index in [0.717, 1.165) is 60.0 Å². The molecule has 1 spiro atoms. The molecule has 0 amide bonds. The number of aryl methyl sites for hydroxylation is 1. The Morgan fingerprint density at radius 1 is 1.12 bits per heavy atom. The minimum Gasteiger partial charge on any atom is -0.356 e. The maximum Gasteiger partial charge on any atom is 0.165 e. The van der Waals surface area contributed by atoms with Gasteiger partial charge >= 0.3 is 0 Å². The summed E-state index contributed by atoms with van der Waals surface area (Å²) in [6.07, 6.45) is 9.18. The van der Waals surface area contributed by atoms with Crippen molar-refractivity contribution in [3.8, 4) is 11.4 Å². The van der Waals surface area contributed by atoms with Gasteiger partial charge in [-0.05, 0) is 44.2 Å². The predicted molar refractivity (Wildman–Crippen MR) is 101 cm³/mol. The Bertz CT molecular complexity index is 932. The number of piperidine rings is 1. The Hall–Kier alpha value is -2.54. The molecule has 134 valence electrons. The SMILES string of the molecule is Cc1[nH]ncc1-c1nc(N2CCC3(CCNC3)CC2)c2ccncc2n1. The first-order chi connectivity index (χ1) is 12.7. The average Bonchev–Trinajstić information content (AvgIpc) is 3.31. The number of nitrogens with one attached hydrogen (secondary N) is 2. The Kier molecular flexibility index (Phi) is 3.63. The van der Waals surface area contributed by atoms with Gasteiger partial charge in [-0.15, -0.1) is 0 Å². The summed E-state index contributed by atoms with van der Waals surface area (Å²) < 4.78 is 0. The van der Waals surface area contributed by atoms with E-state index in [1.807, 2.05) is 25.4 Å². The molecule has 5 heterocycles. The van der Waals surface area contributed by atoms with Crippen molar-refractivity contribution in [1.82, 2.24) is 30.5 Å². The highest BCUT2D eigenvalue weighted by molar-refractivity contribution is 5.90.